The molecule has 2 rings (SSSR count). The van der Waals surface area contributed by atoms with Crippen molar-refractivity contribution in [1.29, 1.82) is 0 Å². The van der Waals surface area contributed by atoms with Gasteiger partial charge in [-0.15, -0.1) is 0 Å². The van der Waals surface area contributed by atoms with Gasteiger partial charge < -0.3 is 9.47 Å². The lowest BCUT2D eigenvalue weighted by molar-refractivity contribution is 0.329. The maximum absolute atomic E-state index is 14.1. The van der Waals surface area contributed by atoms with Gasteiger partial charge >= 0.3 is 0 Å². The summed E-state index contributed by atoms with van der Waals surface area (Å²) in [5, 5.41) is 0. The highest BCUT2D eigenvalue weighted by Crippen LogP contribution is 2.52. The van der Waals surface area contributed by atoms with E-state index in [4.69, 9.17) is 4.74 Å². The third-order valence-electron chi connectivity index (χ3n) is 3.04. The molecular formula is C12H11F2NO3. The summed E-state index contributed by atoms with van der Waals surface area (Å²) in [5.41, 5.74) is -0.846. The molecule has 0 radical (unpaired) electrons. The van der Waals surface area contributed by atoms with Crippen LogP contribution in [0.25, 0.3) is 0 Å². The topological polar surface area (TPSA) is 47.9 Å². The Labute approximate surface area is 102 Å². The summed E-state index contributed by atoms with van der Waals surface area (Å²) in [6, 6.07) is 1.21. The van der Waals surface area contributed by atoms with Crippen LogP contribution in [-0.2, 0) is 10.3 Å². The molecule has 1 aliphatic carbocycles. The van der Waals surface area contributed by atoms with Gasteiger partial charge in [0.1, 0.15) is 5.54 Å². The lowest BCUT2D eigenvalue weighted by Crippen LogP contribution is -2.09. The molecule has 0 bridgehead atoms. The molecule has 0 aromatic heterocycles. The standard InChI is InChI=1S/C12H11F2NO3/c1-17-8-5-7(12(3-4-12)15-6-16)9(13)11(18-2)10(8)14/h5H,3-4H2,1-2H3. The van der Waals surface area contributed by atoms with E-state index in [1.165, 1.54) is 19.3 Å². The number of hydrogen-bond acceptors (Lipinski definition) is 4. The van der Waals surface area contributed by atoms with E-state index in [-0.39, 0.29) is 11.3 Å². The third kappa shape index (κ3) is 1.75. The van der Waals surface area contributed by atoms with Crippen LogP contribution in [-0.4, -0.2) is 20.3 Å². The van der Waals surface area contributed by atoms with Gasteiger partial charge in [0.05, 0.1) is 14.2 Å². The number of hydrogen-bond donors (Lipinski definition) is 0. The summed E-state index contributed by atoms with van der Waals surface area (Å²) in [6.45, 7) is 0. The first-order valence-electron chi connectivity index (χ1n) is 5.29. The van der Waals surface area contributed by atoms with Crippen molar-refractivity contribution in [2.75, 3.05) is 14.2 Å². The lowest BCUT2D eigenvalue weighted by Gasteiger charge is -2.15. The Morgan fingerprint density at radius 2 is 1.94 bits per heavy atom. The first kappa shape index (κ1) is 12.5. The van der Waals surface area contributed by atoms with Crippen LogP contribution in [0.1, 0.15) is 18.4 Å². The Kier molecular flexibility index (Phi) is 3.05. The van der Waals surface area contributed by atoms with Crippen molar-refractivity contribution in [3.63, 3.8) is 0 Å². The second-order valence-electron chi connectivity index (χ2n) is 4.02. The quantitative estimate of drug-likeness (QED) is 0.612. The zero-order valence-electron chi connectivity index (χ0n) is 9.92. The molecule has 0 N–H and O–H groups in total. The maximum Gasteiger partial charge on any atom is 0.235 e. The highest BCUT2D eigenvalue weighted by molar-refractivity contribution is 5.49. The van der Waals surface area contributed by atoms with Gasteiger partial charge in [-0.25, -0.2) is 9.18 Å². The Morgan fingerprint density at radius 1 is 1.28 bits per heavy atom. The summed E-state index contributed by atoms with van der Waals surface area (Å²) < 4.78 is 37.3. The van der Waals surface area contributed by atoms with Crippen LogP contribution in [0.5, 0.6) is 11.5 Å². The first-order valence-corrected chi connectivity index (χ1v) is 5.29. The number of halogens is 2. The second kappa shape index (κ2) is 4.38. The van der Waals surface area contributed by atoms with Crippen LogP contribution in [0, 0.1) is 11.6 Å². The van der Waals surface area contributed by atoms with Crippen LogP contribution in [0.4, 0.5) is 8.78 Å². The molecule has 96 valence electrons. The summed E-state index contributed by atoms with van der Waals surface area (Å²) in [5.74, 6) is -2.44. The zero-order chi connectivity index (χ0) is 13.3. The van der Waals surface area contributed by atoms with Crippen molar-refractivity contribution in [2.45, 2.75) is 18.4 Å². The number of benzene rings is 1. The average molecular weight is 255 g/mol. The number of rotatable bonds is 4. The molecule has 6 heteroatoms. The fourth-order valence-corrected chi connectivity index (χ4v) is 1.90. The molecule has 4 nitrogen and oxygen atoms in total. The highest BCUT2D eigenvalue weighted by atomic mass is 19.1. The minimum Gasteiger partial charge on any atom is -0.494 e. The van der Waals surface area contributed by atoms with E-state index in [9.17, 15) is 13.6 Å². The number of methoxy groups -OCH3 is 2. The van der Waals surface area contributed by atoms with Gasteiger partial charge in [0, 0.05) is 5.56 Å². The number of carbonyl (C=O) groups excluding carboxylic acids is 1. The fourth-order valence-electron chi connectivity index (χ4n) is 1.90. The first-order chi connectivity index (χ1) is 8.59. The summed E-state index contributed by atoms with van der Waals surface area (Å²) in [6.07, 6.45) is 2.44. The Bertz CT molecular complexity index is 535. The molecule has 0 atom stereocenters. The maximum atomic E-state index is 14.1. The second-order valence-corrected chi connectivity index (χ2v) is 4.02. The molecule has 1 aliphatic rings. The predicted octanol–water partition coefficient (Wildman–Crippen LogP) is 2.31. The van der Waals surface area contributed by atoms with E-state index in [1.54, 1.807) is 0 Å². The number of aliphatic imine (C=N–C) groups is 1. The van der Waals surface area contributed by atoms with Gasteiger partial charge in [-0.3, -0.25) is 0 Å². The van der Waals surface area contributed by atoms with Crippen molar-refractivity contribution in [1.82, 2.24) is 0 Å². The minimum absolute atomic E-state index is 0.0981. The molecule has 1 aromatic rings. The smallest absolute Gasteiger partial charge is 0.235 e. The number of nitrogens with zero attached hydrogens (tertiary/aromatic N) is 1. The Morgan fingerprint density at radius 3 is 2.39 bits per heavy atom. The lowest BCUT2D eigenvalue weighted by atomic mass is 10.0. The van der Waals surface area contributed by atoms with Crippen LogP contribution >= 0.6 is 0 Å². The largest absolute Gasteiger partial charge is 0.494 e. The van der Waals surface area contributed by atoms with E-state index in [2.05, 4.69) is 9.73 Å². The summed E-state index contributed by atoms with van der Waals surface area (Å²) in [7, 11) is 2.43. The normalized spacial score (nSPS) is 15.8. The summed E-state index contributed by atoms with van der Waals surface area (Å²) >= 11 is 0. The molecule has 0 amide bonds. The van der Waals surface area contributed by atoms with Gasteiger partial charge in [0.15, 0.2) is 17.3 Å². The van der Waals surface area contributed by atoms with Gasteiger partial charge in [-0.1, -0.05) is 0 Å². The van der Waals surface area contributed by atoms with E-state index in [1.807, 2.05) is 0 Å². The van der Waals surface area contributed by atoms with E-state index in [0.29, 0.717) is 12.8 Å². The molecule has 0 aliphatic heterocycles. The Balaban J connectivity index is 2.65. The van der Waals surface area contributed by atoms with Gasteiger partial charge in [0.25, 0.3) is 0 Å². The third-order valence-corrected chi connectivity index (χ3v) is 3.04. The molecule has 0 heterocycles. The van der Waals surface area contributed by atoms with E-state index >= 15 is 0 Å². The fraction of sp³-hybridized carbons (Fsp3) is 0.417. The van der Waals surface area contributed by atoms with Crippen molar-refractivity contribution < 1.29 is 23.0 Å². The van der Waals surface area contributed by atoms with Gasteiger partial charge in [0.2, 0.25) is 11.9 Å². The Hall–Kier alpha value is -1.94. The van der Waals surface area contributed by atoms with Crippen molar-refractivity contribution in [2.24, 2.45) is 4.99 Å². The van der Waals surface area contributed by atoms with E-state index in [0.717, 1.165) is 7.11 Å². The van der Waals surface area contributed by atoms with Crippen molar-refractivity contribution in [3.05, 3.63) is 23.3 Å². The summed E-state index contributed by atoms with van der Waals surface area (Å²) in [4.78, 5) is 14.0. The van der Waals surface area contributed by atoms with Crippen molar-refractivity contribution >= 4 is 6.08 Å². The molecule has 0 saturated heterocycles. The average Bonchev–Trinajstić information content (AvgIpc) is 3.11. The monoisotopic (exact) mass is 255 g/mol. The van der Waals surface area contributed by atoms with Gasteiger partial charge in [-0.05, 0) is 18.9 Å². The molecule has 0 unspecified atom stereocenters. The minimum atomic E-state index is -0.944. The van der Waals surface area contributed by atoms with Crippen LogP contribution in [0.3, 0.4) is 0 Å². The molecule has 1 saturated carbocycles. The highest BCUT2D eigenvalue weighted by Gasteiger charge is 2.48. The molecule has 18 heavy (non-hydrogen) atoms. The zero-order valence-corrected chi connectivity index (χ0v) is 9.92. The van der Waals surface area contributed by atoms with Crippen LogP contribution < -0.4 is 9.47 Å². The molecule has 1 aromatic carbocycles. The molecular weight excluding hydrogens is 244 g/mol. The van der Waals surface area contributed by atoms with Crippen LogP contribution in [0.2, 0.25) is 0 Å². The predicted molar refractivity (Wildman–Crippen MR) is 58.5 cm³/mol. The number of ether oxygens (including phenoxy) is 2. The van der Waals surface area contributed by atoms with Crippen molar-refractivity contribution in [3.8, 4) is 11.5 Å². The SMILES string of the molecule is COc1cc(C2(N=C=O)CC2)c(F)c(OC)c1F. The number of isocyanates is 1. The van der Waals surface area contributed by atoms with Crippen LogP contribution in [0.15, 0.2) is 11.1 Å². The van der Waals surface area contributed by atoms with Gasteiger partial charge in [-0.2, -0.15) is 9.38 Å². The molecule has 0 spiro atoms. The van der Waals surface area contributed by atoms with E-state index < -0.39 is 22.9 Å². The molecule has 1 fully saturated rings.